The van der Waals surface area contributed by atoms with Crippen molar-refractivity contribution in [2.45, 2.75) is 32.3 Å². The van der Waals surface area contributed by atoms with Gasteiger partial charge < -0.3 is 14.7 Å². The minimum atomic E-state index is -0.0988. The second-order valence-corrected chi connectivity index (χ2v) is 7.06. The molecular formula is C22H24N4O2. The van der Waals surface area contributed by atoms with Crippen LogP contribution in [0.2, 0.25) is 0 Å². The van der Waals surface area contributed by atoms with E-state index < -0.39 is 0 Å². The van der Waals surface area contributed by atoms with Gasteiger partial charge in [-0.3, -0.25) is 0 Å². The first-order chi connectivity index (χ1) is 13.7. The molecule has 0 bridgehead atoms. The highest BCUT2D eigenvalue weighted by atomic mass is 16.6. The second-order valence-electron chi connectivity index (χ2n) is 7.06. The molecule has 144 valence electrons. The molecule has 2 atom stereocenters. The predicted octanol–water partition coefficient (Wildman–Crippen LogP) is 4.32. The maximum atomic E-state index is 5.66. The summed E-state index contributed by atoms with van der Waals surface area (Å²) in [5.41, 5.74) is 3.84. The molecule has 6 nitrogen and oxygen atoms in total. The van der Waals surface area contributed by atoms with Crippen LogP contribution < -0.4 is 5.32 Å². The van der Waals surface area contributed by atoms with Crippen LogP contribution >= 0.6 is 0 Å². The maximum Gasteiger partial charge on any atom is 0.231 e. The van der Waals surface area contributed by atoms with E-state index >= 15 is 0 Å². The summed E-state index contributed by atoms with van der Waals surface area (Å²) in [6.45, 7) is 5.83. The summed E-state index contributed by atoms with van der Waals surface area (Å²) in [7, 11) is 0. The van der Waals surface area contributed by atoms with Crippen molar-refractivity contribution in [3.63, 3.8) is 0 Å². The van der Waals surface area contributed by atoms with Gasteiger partial charge in [0.2, 0.25) is 11.7 Å². The lowest BCUT2D eigenvalue weighted by molar-refractivity contribution is 0.0723. The van der Waals surface area contributed by atoms with Crippen molar-refractivity contribution >= 4 is 5.71 Å². The number of nitrogens with one attached hydrogen (secondary N) is 1. The van der Waals surface area contributed by atoms with Crippen LogP contribution in [0.25, 0.3) is 11.4 Å². The molecule has 6 heteroatoms. The molecule has 1 aliphatic heterocycles. The zero-order valence-electron chi connectivity index (χ0n) is 16.1. The summed E-state index contributed by atoms with van der Waals surface area (Å²) in [4.78, 5) is 10.2. The standard InChI is InChI=1S/C22H24N4O2/c1-15(25-27-16(2)18-6-4-3-5-7-18)17-8-10-19(11-9-17)21-24-22(28-26-21)20-12-13-23-14-20/h3-11,16,20,23H,12-14H2,1-2H3. The number of oxime groups is 1. The lowest BCUT2D eigenvalue weighted by atomic mass is 10.1. The Morgan fingerprint density at radius 3 is 2.68 bits per heavy atom. The number of hydrogen-bond donors (Lipinski definition) is 1. The molecule has 3 aromatic rings. The van der Waals surface area contributed by atoms with Gasteiger partial charge in [-0.2, -0.15) is 4.98 Å². The summed E-state index contributed by atoms with van der Waals surface area (Å²) in [5.74, 6) is 1.65. The Hall–Kier alpha value is -2.99. The van der Waals surface area contributed by atoms with Crippen molar-refractivity contribution in [1.82, 2.24) is 15.5 Å². The van der Waals surface area contributed by atoms with Crippen LogP contribution in [0.1, 0.15) is 49.3 Å². The molecule has 2 unspecified atom stereocenters. The zero-order chi connectivity index (χ0) is 19.3. The van der Waals surface area contributed by atoms with Gasteiger partial charge in [0.25, 0.3) is 0 Å². The summed E-state index contributed by atoms with van der Waals surface area (Å²) in [6, 6.07) is 18.0. The van der Waals surface area contributed by atoms with E-state index in [4.69, 9.17) is 9.36 Å². The largest absolute Gasteiger partial charge is 0.388 e. The Morgan fingerprint density at radius 1 is 1.18 bits per heavy atom. The zero-order valence-corrected chi connectivity index (χ0v) is 16.1. The van der Waals surface area contributed by atoms with Gasteiger partial charge in [0.1, 0.15) is 6.10 Å². The summed E-state index contributed by atoms with van der Waals surface area (Å²) < 4.78 is 5.44. The Kier molecular flexibility index (Phi) is 5.48. The van der Waals surface area contributed by atoms with Gasteiger partial charge >= 0.3 is 0 Å². The van der Waals surface area contributed by atoms with E-state index in [1.54, 1.807) is 0 Å². The monoisotopic (exact) mass is 376 g/mol. The molecule has 1 aromatic heterocycles. The Morgan fingerprint density at radius 2 is 1.96 bits per heavy atom. The molecule has 4 rings (SSSR count). The maximum absolute atomic E-state index is 5.66. The van der Waals surface area contributed by atoms with Crippen molar-refractivity contribution in [3.8, 4) is 11.4 Å². The van der Waals surface area contributed by atoms with Crippen LogP contribution in [0.15, 0.2) is 64.3 Å². The van der Waals surface area contributed by atoms with Gasteiger partial charge in [-0.1, -0.05) is 64.9 Å². The summed E-state index contributed by atoms with van der Waals surface area (Å²) >= 11 is 0. The molecule has 28 heavy (non-hydrogen) atoms. The highest BCUT2D eigenvalue weighted by Gasteiger charge is 2.23. The average molecular weight is 376 g/mol. The van der Waals surface area contributed by atoms with Gasteiger partial charge in [-0.25, -0.2) is 0 Å². The van der Waals surface area contributed by atoms with Crippen molar-refractivity contribution in [2.24, 2.45) is 5.16 Å². The topological polar surface area (TPSA) is 72.5 Å². The smallest absolute Gasteiger partial charge is 0.231 e. The van der Waals surface area contributed by atoms with Crippen LogP contribution in [-0.2, 0) is 4.84 Å². The number of hydrogen-bond acceptors (Lipinski definition) is 6. The quantitative estimate of drug-likeness (QED) is 0.512. The van der Waals surface area contributed by atoms with E-state index in [0.717, 1.165) is 41.9 Å². The Balaban J connectivity index is 1.42. The molecule has 2 heterocycles. The van der Waals surface area contributed by atoms with Gasteiger partial charge in [-0.15, -0.1) is 0 Å². The van der Waals surface area contributed by atoms with Crippen LogP contribution in [0.4, 0.5) is 0 Å². The second kappa shape index (κ2) is 8.35. The Labute approximate surface area is 164 Å². The molecule has 1 fully saturated rings. The number of rotatable bonds is 6. The molecule has 2 aromatic carbocycles. The Bertz CT molecular complexity index is 929. The van der Waals surface area contributed by atoms with Crippen LogP contribution in [0.5, 0.6) is 0 Å². The van der Waals surface area contributed by atoms with Crippen LogP contribution in [0.3, 0.4) is 0 Å². The van der Waals surface area contributed by atoms with Crippen molar-refractivity contribution in [2.75, 3.05) is 13.1 Å². The molecule has 1 saturated heterocycles. The average Bonchev–Trinajstić information content (AvgIpc) is 3.44. The summed E-state index contributed by atoms with van der Waals surface area (Å²) in [5, 5.41) is 11.7. The van der Waals surface area contributed by atoms with E-state index in [-0.39, 0.29) is 6.10 Å². The van der Waals surface area contributed by atoms with E-state index in [1.807, 2.05) is 68.4 Å². The lowest BCUT2D eigenvalue weighted by Gasteiger charge is -2.10. The first-order valence-corrected chi connectivity index (χ1v) is 9.61. The highest BCUT2D eigenvalue weighted by Crippen LogP contribution is 2.24. The number of benzene rings is 2. The third-order valence-electron chi connectivity index (χ3n) is 5.03. The molecule has 0 amide bonds. The third kappa shape index (κ3) is 4.12. The lowest BCUT2D eigenvalue weighted by Crippen LogP contribution is -2.08. The number of aromatic nitrogens is 2. The molecule has 0 saturated carbocycles. The van der Waals surface area contributed by atoms with E-state index in [9.17, 15) is 0 Å². The van der Waals surface area contributed by atoms with E-state index in [1.165, 1.54) is 0 Å². The third-order valence-corrected chi connectivity index (χ3v) is 5.03. The van der Waals surface area contributed by atoms with Crippen molar-refractivity contribution in [3.05, 3.63) is 71.6 Å². The van der Waals surface area contributed by atoms with Crippen molar-refractivity contribution in [1.29, 1.82) is 0 Å². The molecule has 0 spiro atoms. The van der Waals surface area contributed by atoms with Crippen LogP contribution in [0, 0.1) is 0 Å². The molecule has 0 radical (unpaired) electrons. The predicted molar refractivity (Wildman–Crippen MR) is 108 cm³/mol. The number of nitrogens with zero attached hydrogens (tertiary/aromatic N) is 3. The fourth-order valence-corrected chi connectivity index (χ4v) is 3.24. The van der Waals surface area contributed by atoms with Gasteiger partial charge in [0.15, 0.2) is 0 Å². The van der Waals surface area contributed by atoms with Crippen molar-refractivity contribution < 1.29 is 9.36 Å². The SMILES string of the molecule is CC(=NOC(C)c1ccccc1)c1ccc(-c2noc(C3CCNC3)n2)cc1. The van der Waals surface area contributed by atoms with Gasteiger partial charge in [0.05, 0.1) is 11.6 Å². The normalized spacial score (nSPS) is 18.2. The first kappa shape index (κ1) is 18.4. The minimum absolute atomic E-state index is 0.0988. The molecule has 1 N–H and O–H groups in total. The van der Waals surface area contributed by atoms with Gasteiger partial charge in [-0.05, 0) is 37.9 Å². The van der Waals surface area contributed by atoms with E-state index in [2.05, 4.69) is 20.6 Å². The minimum Gasteiger partial charge on any atom is -0.388 e. The first-order valence-electron chi connectivity index (χ1n) is 9.61. The van der Waals surface area contributed by atoms with Crippen LogP contribution in [-0.4, -0.2) is 28.9 Å². The summed E-state index contributed by atoms with van der Waals surface area (Å²) in [6.07, 6.45) is 0.940. The van der Waals surface area contributed by atoms with E-state index in [0.29, 0.717) is 17.6 Å². The fraction of sp³-hybridized carbons (Fsp3) is 0.318. The fourth-order valence-electron chi connectivity index (χ4n) is 3.24. The molecule has 0 aliphatic carbocycles. The highest BCUT2D eigenvalue weighted by molar-refractivity contribution is 5.98. The molecule has 1 aliphatic rings. The van der Waals surface area contributed by atoms with Gasteiger partial charge in [0, 0.05) is 12.1 Å². The molecular weight excluding hydrogens is 352 g/mol.